The van der Waals surface area contributed by atoms with E-state index in [1.54, 1.807) is 7.11 Å². The van der Waals surface area contributed by atoms with Crippen molar-refractivity contribution < 1.29 is 9.84 Å². The van der Waals surface area contributed by atoms with Gasteiger partial charge in [-0.1, -0.05) is 12.1 Å². The van der Waals surface area contributed by atoms with E-state index >= 15 is 0 Å². The van der Waals surface area contributed by atoms with E-state index in [0.717, 1.165) is 32.6 Å². The Morgan fingerprint density at radius 2 is 1.80 bits per heavy atom. The van der Waals surface area contributed by atoms with Gasteiger partial charge in [-0.25, -0.2) is 0 Å². The van der Waals surface area contributed by atoms with E-state index in [-0.39, 0.29) is 0 Å². The molecule has 0 bridgehead atoms. The van der Waals surface area contributed by atoms with Crippen LogP contribution in [-0.2, 0) is 6.54 Å². The number of nitrogens with one attached hydrogen (secondary N) is 1. The van der Waals surface area contributed by atoms with E-state index in [2.05, 4.69) is 21.2 Å². The summed E-state index contributed by atoms with van der Waals surface area (Å²) in [6.07, 6.45) is 0. The van der Waals surface area contributed by atoms with Crippen LogP contribution < -0.4 is 10.1 Å². The molecule has 0 aliphatic carbocycles. The Balaban J connectivity index is 2.13. The number of methoxy groups -OCH3 is 1. The topological polar surface area (TPSA) is 41.5 Å². The number of rotatable bonds is 4. The molecule has 0 atom stereocenters. The number of halogens is 1. The summed E-state index contributed by atoms with van der Waals surface area (Å²) in [7, 11) is 1.65. The zero-order chi connectivity index (χ0) is 14.7. The van der Waals surface area contributed by atoms with Gasteiger partial charge >= 0.3 is 0 Å². The van der Waals surface area contributed by atoms with Gasteiger partial charge in [0.15, 0.2) is 0 Å². The highest BCUT2D eigenvalue weighted by atomic mass is 79.9. The normalized spacial score (nSPS) is 10.4. The summed E-state index contributed by atoms with van der Waals surface area (Å²) in [6.45, 7) is 4.52. The van der Waals surface area contributed by atoms with Crippen molar-refractivity contribution in [2.24, 2.45) is 0 Å². The second-order valence-electron chi connectivity index (χ2n) is 4.78. The van der Waals surface area contributed by atoms with Crippen molar-refractivity contribution in [3.8, 4) is 11.5 Å². The number of phenolic OH excluding ortho intramolecular Hbond substituents is 1. The third-order valence-electron chi connectivity index (χ3n) is 3.20. The highest BCUT2D eigenvalue weighted by Crippen LogP contribution is 2.28. The zero-order valence-electron chi connectivity index (χ0n) is 11.8. The Morgan fingerprint density at radius 3 is 2.40 bits per heavy atom. The molecule has 0 unspecified atom stereocenters. The Bertz CT molecular complexity index is 603. The highest BCUT2D eigenvalue weighted by molar-refractivity contribution is 9.10. The van der Waals surface area contributed by atoms with Crippen molar-refractivity contribution >= 4 is 21.6 Å². The summed E-state index contributed by atoms with van der Waals surface area (Å²) in [5.74, 6) is 1.17. The molecule has 0 saturated heterocycles. The summed E-state index contributed by atoms with van der Waals surface area (Å²) in [5.41, 5.74) is 3.93. The average molecular weight is 336 g/mol. The van der Waals surface area contributed by atoms with Crippen LogP contribution in [0.4, 0.5) is 5.69 Å². The second-order valence-corrected chi connectivity index (χ2v) is 5.64. The van der Waals surface area contributed by atoms with Gasteiger partial charge in [0.05, 0.1) is 11.6 Å². The van der Waals surface area contributed by atoms with E-state index in [1.165, 1.54) is 0 Å². The maximum absolute atomic E-state index is 9.77. The van der Waals surface area contributed by atoms with E-state index in [9.17, 15) is 5.11 Å². The van der Waals surface area contributed by atoms with Crippen LogP contribution in [0.5, 0.6) is 11.5 Å². The SMILES string of the molecule is COc1cc(NCc2cc(C)c(O)c(C)c2)ccc1Br. The summed E-state index contributed by atoms with van der Waals surface area (Å²) in [6, 6.07) is 9.88. The molecule has 3 nitrogen and oxygen atoms in total. The Hall–Kier alpha value is -1.68. The number of hydrogen-bond donors (Lipinski definition) is 2. The molecule has 0 aromatic heterocycles. The molecule has 2 aromatic rings. The number of anilines is 1. The molecule has 4 heteroatoms. The lowest BCUT2D eigenvalue weighted by molar-refractivity contribution is 0.412. The Kier molecular flexibility index (Phi) is 4.55. The lowest BCUT2D eigenvalue weighted by atomic mass is 10.1. The minimum atomic E-state index is 0.374. The third kappa shape index (κ3) is 3.25. The molecular formula is C16H18BrNO2. The molecule has 106 valence electrons. The summed E-state index contributed by atoms with van der Waals surface area (Å²) < 4.78 is 6.20. The van der Waals surface area contributed by atoms with Gasteiger partial charge in [-0.2, -0.15) is 0 Å². The smallest absolute Gasteiger partial charge is 0.135 e. The van der Waals surface area contributed by atoms with Gasteiger partial charge in [-0.05, 0) is 58.6 Å². The number of aryl methyl sites for hydroxylation is 2. The van der Waals surface area contributed by atoms with Crippen molar-refractivity contribution in [2.45, 2.75) is 20.4 Å². The van der Waals surface area contributed by atoms with Crippen LogP contribution in [0.25, 0.3) is 0 Å². The van der Waals surface area contributed by atoms with Crippen LogP contribution in [0.3, 0.4) is 0 Å². The van der Waals surface area contributed by atoms with Gasteiger partial charge in [-0.15, -0.1) is 0 Å². The minimum Gasteiger partial charge on any atom is -0.507 e. The fraction of sp³-hybridized carbons (Fsp3) is 0.250. The van der Waals surface area contributed by atoms with E-state index in [4.69, 9.17) is 4.74 Å². The Labute approximate surface area is 127 Å². The fourth-order valence-corrected chi connectivity index (χ4v) is 2.53. The van der Waals surface area contributed by atoms with Crippen molar-refractivity contribution in [2.75, 3.05) is 12.4 Å². The van der Waals surface area contributed by atoms with Crippen LogP contribution >= 0.6 is 15.9 Å². The molecule has 0 radical (unpaired) electrons. The molecule has 20 heavy (non-hydrogen) atoms. The van der Waals surface area contributed by atoms with Crippen molar-refractivity contribution in [1.29, 1.82) is 0 Å². The maximum Gasteiger partial charge on any atom is 0.135 e. The van der Waals surface area contributed by atoms with Gasteiger partial charge in [0.25, 0.3) is 0 Å². The molecular weight excluding hydrogens is 318 g/mol. The summed E-state index contributed by atoms with van der Waals surface area (Å²) in [4.78, 5) is 0. The van der Waals surface area contributed by atoms with Gasteiger partial charge in [0, 0.05) is 18.3 Å². The predicted molar refractivity (Wildman–Crippen MR) is 85.6 cm³/mol. The molecule has 0 fully saturated rings. The van der Waals surface area contributed by atoms with Crippen LogP contribution in [-0.4, -0.2) is 12.2 Å². The molecule has 0 aliphatic heterocycles. The standard InChI is InChI=1S/C16H18BrNO2/c1-10-6-12(7-11(2)16(10)19)9-18-13-4-5-14(17)15(8-13)20-3/h4-8,18-19H,9H2,1-3H3. The minimum absolute atomic E-state index is 0.374. The molecule has 2 aromatic carbocycles. The zero-order valence-corrected chi connectivity index (χ0v) is 13.4. The molecule has 0 spiro atoms. The van der Waals surface area contributed by atoms with E-state index in [0.29, 0.717) is 12.3 Å². The Morgan fingerprint density at radius 1 is 1.15 bits per heavy atom. The first-order chi connectivity index (χ1) is 9.51. The highest BCUT2D eigenvalue weighted by Gasteiger charge is 2.05. The first kappa shape index (κ1) is 14.7. The third-order valence-corrected chi connectivity index (χ3v) is 3.85. The van der Waals surface area contributed by atoms with Crippen LogP contribution in [0.1, 0.15) is 16.7 Å². The molecule has 0 saturated carbocycles. The number of phenols is 1. The van der Waals surface area contributed by atoms with Crippen molar-refractivity contribution in [1.82, 2.24) is 0 Å². The largest absolute Gasteiger partial charge is 0.507 e. The van der Waals surface area contributed by atoms with Crippen LogP contribution in [0.15, 0.2) is 34.8 Å². The van der Waals surface area contributed by atoms with Crippen molar-refractivity contribution in [3.05, 3.63) is 51.5 Å². The van der Waals surface area contributed by atoms with Crippen molar-refractivity contribution in [3.63, 3.8) is 0 Å². The van der Waals surface area contributed by atoms with Gasteiger partial charge < -0.3 is 15.2 Å². The van der Waals surface area contributed by atoms with Gasteiger partial charge in [-0.3, -0.25) is 0 Å². The molecule has 0 heterocycles. The monoisotopic (exact) mass is 335 g/mol. The fourth-order valence-electron chi connectivity index (χ4n) is 2.12. The lowest BCUT2D eigenvalue weighted by Crippen LogP contribution is -2.01. The summed E-state index contributed by atoms with van der Waals surface area (Å²) in [5, 5.41) is 13.1. The molecule has 0 aliphatic rings. The predicted octanol–water partition coefficient (Wildman–Crippen LogP) is 4.39. The van der Waals surface area contributed by atoms with E-state index in [1.807, 2.05) is 44.2 Å². The maximum atomic E-state index is 9.77. The van der Waals surface area contributed by atoms with Crippen LogP contribution in [0.2, 0.25) is 0 Å². The lowest BCUT2D eigenvalue weighted by Gasteiger charge is -2.11. The van der Waals surface area contributed by atoms with Gasteiger partial charge in [0.2, 0.25) is 0 Å². The molecule has 2 rings (SSSR count). The first-order valence-electron chi connectivity index (χ1n) is 6.37. The van der Waals surface area contributed by atoms with Crippen LogP contribution in [0, 0.1) is 13.8 Å². The summed E-state index contributed by atoms with van der Waals surface area (Å²) >= 11 is 3.43. The average Bonchev–Trinajstić information content (AvgIpc) is 2.43. The number of benzene rings is 2. The second kappa shape index (κ2) is 6.18. The molecule has 0 amide bonds. The number of aromatic hydroxyl groups is 1. The first-order valence-corrected chi connectivity index (χ1v) is 7.17. The van der Waals surface area contributed by atoms with Gasteiger partial charge in [0.1, 0.15) is 11.5 Å². The number of hydrogen-bond acceptors (Lipinski definition) is 3. The van der Waals surface area contributed by atoms with E-state index < -0.39 is 0 Å². The quantitative estimate of drug-likeness (QED) is 0.870. The molecule has 2 N–H and O–H groups in total. The number of ether oxygens (including phenoxy) is 1.